The summed E-state index contributed by atoms with van der Waals surface area (Å²) in [4.78, 5) is 14.4. The highest BCUT2D eigenvalue weighted by Crippen LogP contribution is 2.14. The molecule has 0 unspecified atom stereocenters. The van der Waals surface area contributed by atoms with Gasteiger partial charge >= 0.3 is 0 Å². The minimum absolute atomic E-state index is 0.00663. The Morgan fingerprint density at radius 2 is 1.86 bits per heavy atom. The van der Waals surface area contributed by atoms with Gasteiger partial charge in [-0.2, -0.15) is 0 Å². The fourth-order valence-electron chi connectivity index (χ4n) is 2.75. The molecule has 1 aliphatic rings. The molecule has 1 aliphatic heterocycles. The molecule has 5 nitrogen and oxygen atoms in total. The summed E-state index contributed by atoms with van der Waals surface area (Å²) in [5.41, 5.74) is 1.65. The molecule has 0 bridgehead atoms. The first kappa shape index (κ1) is 17.0. The fourth-order valence-corrected chi connectivity index (χ4v) is 4.29. The molecule has 6 heteroatoms. The van der Waals surface area contributed by atoms with Crippen LogP contribution in [0.4, 0.5) is 0 Å². The lowest BCUT2D eigenvalue weighted by Gasteiger charge is -2.22. The maximum absolute atomic E-state index is 12.6. The number of rotatable bonds is 4. The van der Waals surface area contributed by atoms with Gasteiger partial charge in [-0.05, 0) is 31.4 Å². The third kappa shape index (κ3) is 3.87. The molecule has 1 fully saturated rings. The van der Waals surface area contributed by atoms with Gasteiger partial charge in [0.25, 0.3) is 5.91 Å². The maximum atomic E-state index is 12.6. The van der Waals surface area contributed by atoms with Crippen LogP contribution in [0.5, 0.6) is 0 Å². The molecule has 0 N–H and O–H groups in total. The van der Waals surface area contributed by atoms with Gasteiger partial charge in [-0.15, -0.1) is 0 Å². The van der Waals surface area contributed by atoms with E-state index in [2.05, 4.69) is 0 Å². The molecule has 2 rings (SSSR count). The van der Waals surface area contributed by atoms with Crippen molar-refractivity contribution in [2.24, 2.45) is 0 Å². The summed E-state index contributed by atoms with van der Waals surface area (Å²) in [7, 11) is -3.18. The highest BCUT2D eigenvalue weighted by Gasteiger charge is 2.26. The minimum atomic E-state index is -3.18. The van der Waals surface area contributed by atoms with Crippen molar-refractivity contribution in [3.63, 3.8) is 0 Å². The molecule has 1 amide bonds. The molecule has 1 aromatic carbocycles. The SMILES string of the molecule is CCCS(=O)(=O)N1CCCN(C(=O)c2ccccc2C)CC1. The van der Waals surface area contributed by atoms with E-state index in [-0.39, 0.29) is 11.7 Å². The van der Waals surface area contributed by atoms with Crippen LogP contribution in [0, 0.1) is 6.92 Å². The highest BCUT2D eigenvalue weighted by atomic mass is 32.2. The molecule has 1 saturated heterocycles. The Bertz CT molecular complexity index is 628. The van der Waals surface area contributed by atoms with E-state index in [0.29, 0.717) is 44.6 Å². The zero-order valence-electron chi connectivity index (χ0n) is 13.3. The molecule has 0 aliphatic carbocycles. The second-order valence-corrected chi connectivity index (χ2v) is 7.76. The molecule has 0 spiro atoms. The second kappa shape index (κ2) is 7.24. The largest absolute Gasteiger partial charge is 0.337 e. The van der Waals surface area contributed by atoms with Crippen LogP contribution in [-0.2, 0) is 10.0 Å². The van der Waals surface area contributed by atoms with E-state index in [9.17, 15) is 13.2 Å². The molecule has 0 atom stereocenters. The average molecular weight is 324 g/mol. The standard InChI is InChI=1S/C16H24N2O3S/c1-3-13-22(20,21)18-10-6-9-17(11-12-18)16(19)15-8-5-4-7-14(15)2/h4-5,7-8H,3,6,9-13H2,1-2H3. The van der Waals surface area contributed by atoms with Crippen molar-refractivity contribution in [3.8, 4) is 0 Å². The van der Waals surface area contributed by atoms with E-state index in [0.717, 1.165) is 5.56 Å². The summed E-state index contributed by atoms with van der Waals surface area (Å²) in [6, 6.07) is 7.51. The van der Waals surface area contributed by atoms with Gasteiger partial charge in [0.05, 0.1) is 5.75 Å². The first-order valence-corrected chi connectivity index (χ1v) is 9.39. The van der Waals surface area contributed by atoms with Crippen LogP contribution in [0.25, 0.3) is 0 Å². The Hall–Kier alpha value is -1.40. The number of amides is 1. The number of hydrogen-bond donors (Lipinski definition) is 0. The maximum Gasteiger partial charge on any atom is 0.254 e. The molecule has 1 aromatic rings. The molecule has 0 radical (unpaired) electrons. The van der Waals surface area contributed by atoms with E-state index < -0.39 is 10.0 Å². The third-order valence-corrected chi connectivity index (χ3v) is 6.05. The van der Waals surface area contributed by atoms with Crippen LogP contribution in [0.3, 0.4) is 0 Å². The number of benzene rings is 1. The van der Waals surface area contributed by atoms with Crippen molar-refractivity contribution >= 4 is 15.9 Å². The monoisotopic (exact) mass is 324 g/mol. The quantitative estimate of drug-likeness (QED) is 0.850. The Kier molecular flexibility index (Phi) is 5.58. The minimum Gasteiger partial charge on any atom is -0.337 e. The fraction of sp³-hybridized carbons (Fsp3) is 0.562. The van der Waals surface area contributed by atoms with Crippen molar-refractivity contribution < 1.29 is 13.2 Å². The molecule has 0 aromatic heterocycles. The number of sulfonamides is 1. The first-order valence-electron chi connectivity index (χ1n) is 7.78. The highest BCUT2D eigenvalue weighted by molar-refractivity contribution is 7.89. The number of nitrogens with zero attached hydrogens (tertiary/aromatic N) is 2. The lowest BCUT2D eigenvalue weighted by Crippen LogP contribution is -2.38. The van der Waals surface area contributed by atoms with Gasteiger partial charge in [-0.1, -0.05) is 25.1 Å². The molecule has 122 valence electrons. The van der Waals surface area contributed by atoms with Gasteiger partial charge in [-0.25, -0.2) is 12.7 Å². The van der Waals surface area contributed by atoms with Gasteiger partial charge in [-0.3, -0.25) is 4.79 Å². The Morgan fingerprint density at radius 1 is 1.14 bits per heavy atom. The normalized spacial score (nSPS) is 17.3. The first-order chi connectivity index (χ1) is 10.5. The summed E-state index contributed by atoms with van der Waals surface area (Å²) in [6.45, 7) is 5.73. The number of hydrogen-bond acceptors (Lipinski definition) is 3. The van der Waals surface area contributed by atoms with Gasteiger partial charge in [0.15, 0.2) is 0 Å². The number of carbonyl (C=O) groups excluding carboxylic acids is 1. The van der Waals surface area contributed by atoms with Crippen LogP contribution in [0.1, 0.15) is 35.7 Å². The van der Waals surface area contributed by atoms with E-state index in [1.807, 2.05) is 38.1 Å². The van der Waals surface area contributed by atoms with Gasteiger partial charge in [0.2, 0.25) is 10.0 Å². The van der Waals surface area contributed by atoms with Crippen LogP contribution in [0.2, 0.25) is 0 Å². The smallest absolute Gasteiger partial charge is 0.254 e. The summed E-state index contributed by atoms with van der Waals surface area (Å²) >= 11 is 0. The Balaban J connectivity index is 2.08. The van der Waals surface area contributed by atoms with Crippen LogP contribution in [0.15, 0.2) is 24.3 Å². The molecule has 1 heterocycles. The van der Waals surface area contributed by atoms with Crippen LogP contribution in [-0.4, -0.2) is 55.5 Å². The summed E-state index contributed by atoms with van der Waals surface area (Å²) in [6.07, 6.45) is 1.30. The average Bonchev–Trinajstić information content (AvgIpc) is 2.73. The van der Waals surface area contributed by atoms with E-state index >= 15 is 0 Å². The van der Waals surface area contributed by atoms with E-state index in [1.54, 1.807) is 4.90 Å². The topological polar surface area (TPSA) is 57.7 Å². The number of carbonyl (C=O) groups is 1. The zero-order chi connectivity index (χ0) is 16.2. The Labute approximate surface area is 133 Å². The lowest BCUT2D eigenvalue weighted by atomic mass is 10.1. The van der Waals surface area contributed by atoms with E-state index in [1.165, 1.54) is 4.31 Å². The van der Waals surface area contributed by atoms with Crippen molar-refractivity contribution in [1.29, 1.82) is 0 Å². The van der Waals surface area contributed by atoms with E-state index in [4.69, 9.17) is 0 Å². The van der Waals surface area contributed by atoms with Crippen molar-refractivity contribution in [1.82, 2.24) is 9.21 Å². The zero-order valence-corrected chi connectivity index (χ0v) is 14.1. The van der Waals surface area contributed by atoms with Gasteiger partial charge in [0.1, 0.15) is 0 Å². The summed E-state index contributed by atoms with van der Waals surface area (Å²) in [5, 5.41) is 0. The Morgan fingerprint density at radius 3 is 2.55 bits per heavy atom. The van der Waals surface area contributed by atoms with Crippen molar-refractivity contribution in [2.75, 3.05) is 31.9 Å². The van der Waals surface area contributed by atoms with Crippen LogP contribution >= 0.6 is 0 Å². The third-order valence-electron chi connectivity index (χ3n) is 3.97. The number of aryl methyl sites for hydroxylation is 1. The van der Waals surface area contributed by atoms with Gasteiger partial charge in [0, 0.05) is 31.7 Å². The van der Waals surface area contributed by atoms with Crippen LogP contribution < -0.4 is 0 Å². The second-order valence-electron chi connectivity index (χ2n) is 5.68. The molecular formula is C16H24N2O3S. The van der Waals surface area contributed by atoms with Crippen molar-refractivity contribution in [2.45, 2.75) is 26.7 Å². The molecule has 22 heavy (non-hydrogen) atoms. The predicted octanol–water partition coefficient (Wildman–Crippen LogP) is 1.88. The summed E-state index contributed by atoms with van der Waals surface area (Å²) < 4.78 is 25.9. The van der Waals surface area contributed by atoms with Gasteiger partial charge < -0.3 is 4.90 Å². The molecule has 0 saturated carbocycles. The lowest BCUT2D eigenvalue weighted by molar-refractivity contribution is 0.0763. The van der Waals surface area contributed by atoms with Crippen molar-refractivity contribution in [3.05, 3.63) is 35.4 Å². The molecular weight excluding hydrogens is 300 g/mol. The summed E-state index contributed by atoms with van der Waals surface area (Å²) in [5.74, 6) is 0.173. The predicted molar refractivity (Wildman–Crippen MR) is 87.4 cm³/mol.